The van der Waals surface area contributed by atoms with Crippen LogP contribution in [0.1, 0.15) is 27.2 Å². The van der Waals surface area contributed by atoms with Gasteiger partial charge in [0.2, 0.25) is 0 Å². The third-order valence-corrected chi connectivity index (χ3v) is 3.58. The Balaban J connectivity index is 3.50. The summed E-state index contributed by atoms with van der Waals surface area (Å²) >= 11 is 1.92. The Hall–Kier alpha value is 0.270. The van der Waals surface area contributed by atoms with Crippen molar-refractivity contribution in [3.05, 3.63) is 0 Å². The molecule has 13 heavy (non-hydrogen) atoms. The number of rotatable bonds is 7. The highest BCUT2D eigenvalue weighted by Crippen LogP contribution is 2.15. The van der Waals surface area contributed by atoms with E-state index in [4.69, 9.17) is 5.11 Å². The minimum atomic E-state index is -0.109. The lowest BCUT2D eigenvalue weighted by Gasteiger charge is -2.26. The summed E-state index contributed by atoms with van der Waals surface area (Å²) in [4.78, 5) is 0. The van der Waals surface area contributed by atoms with E-state index in [9.17, 15) is 0 Å². The molecule has 2 N–H and O–H groups in total. The van der Waals surface area contributed by atoms with Crippen LogP contribution in [0.2, 0.25) is 0 Å². The first kappa shape index (κ1) is 13.3. The van der Waals surface area contributed by atoms with Gasteiger partial charge in [-0.1, -0.05) is 13.8 Å². The molecule has 0 saturated heterocycles. The number of aliphatic hydroxyl groups excluding tert-OH is 1. The monoisotopic (exact) mass is 205 g/mol. The summed E-state index contributed by atoms with van der Waals surface area (Å²) in [5.74, 6) is 2.95. The maximum absolute atomic E-state index is 9.12. The van der Waals surface area contributed by atoms with Gasteiger partial charge in [-0.3, -0.25) is 0 Å². The van der Waals surface area contributed by atoms with Gasteiger partial charge in [-0.15, -0.1) is 0 Å². The van der Waals surface area contributed by atoms with E-state index >= 15 is 0 Å². The first-order valence-electron chi connectivity index (χ1n) is 4.91. The highest BCUT2D eigenvalue weighted by Gasteiger charge is 2.19. The fraction of sp³-hybridized carbons (Fsp3) is 1.00. The van der Waals surface area contributed by atoms with Crippen LogP contribution in [0, 0.1) is 5.92 Å². The largest absolute Gasteiger partial charge is 0.394 e. The van der Waals surface area contributed by atoms with E-state index in [1.165, 1.54) is 12.2 Å². The van der Waals surface area contributed by atoms with Gasteiger partial charge in [-0.2, -0.15) is 11.8 Å². The van der Waals surface area contributed by atoms with Gasteiger partial charge in [0, 0.05) is 11.3 Å². The van der Waals surface area contributed by atoms with E-state index in [-0.39, 0.29) is 12.1 Å². The number of nitrogens with one attached hydrogen (secondary N) is 1. The standard InChI is InChI=1S/C10H23NOS/c1-9(2)5-6-13-8-10(3,7-12)11-4/h9,11-12H,5-8H2,1-4H3. The molecule has 0 aliphatic rings. The quantitative estimate of drug-likeness (QED) is 0.621. The highest BCUT2D eigenvalue weighted by molar-refractivity contribution is 7.99. The lowest BCUT2D eigenvalue weighted by atomic mass is 10.1. The molecular weight excluding hydrogens is 182 g/mol. The highest BCUT2D eigenvalue weighted by atomic mass is 32.2. The Bertz CT molecular complexity index is 124. The van der Waals surface area contributed by atoms with Gasteiger partial charge in [0.1, 0.15) is 0 Å². The van der Waals surface area contributed by atoms with Gasteiger partial charge in [0.25, 0.3) is 0 Å². The molecule has 1 atom stereocenters. The van der Waals surface area contributed by atoms with E-state index < -0.39 is 0 Å². The number of thioether (sulfide) groups is 1. The molecule has 0 aromatic heterocycles. The van der Waals surface area contributed by atoms with Crippen LogP contribution in [0.15, 0.2) is 0 Å². The summed E-state index contributed by atoms with van der Waals surface area (Å²) in [5.41, 5.74) is -0.109. The molecule has 2 nitrogen and oxygen atoms in total. The zero-order chi connectivity index (χ0) is 10.3. The van der Waals surface area contributed by atoms with Crippen LogP contribution >= 0.6 is 11.8 Å². The first-order valence-corrected chi connectivity index (χ1v) is 6.07. The molecule has 0 aromatic rings. The lowest BCUT2D eigenvalue weighted by Crippen LogP contribution is -2.45. The van der Waals surface area contributed by atoms with Crippen molar-refractivity contribution in [1.29, 1.82) is 0 Å². The van der Waals surface area contributed by atoms with Crippen molar-refractivity contribution in [2.75, 3.05) is 25.2 Å². The Morgan fingerprint density at radius 1 is 1.46 bits per heavy atom. The topological polar surface area (TPSA) is 32.3 Å². The molecule has 0 heterocycles. The molecule has 0 fully saturated rings. The van der Waals surface area contributed by atoms with Gasteiger partial charge in [-0.25, -0.2) is 0 Å². The Labute approximate surface area is 86.5 Å². The molecule has 0 amide bonds. The minimum Gasteiger partial charge on any atom is -0.394 e. The molecule has 0 aliphatic heterocycles. The smallest absolute Gasteiger partial charge is 0.0618 e. The van der Waals surface area contributed by atoms with E-state index in [0.29, 0.717) is 0 Å². The fourth-order valence-corrected chi connectivity index (χ4v) is 2.28. The summed E-state index contributed by atoms with van der Waals surface area (Å²) in [6.45, 7) is 6.74. The average molecular weight is 205 g/mol. The number of hydrogen-bond donors (Lipinski definition) is 2. The van der Waals surface area contributed by atoms with Crippen molar-refractivity contribution in [2.24, 2.45) is 5.92 Å². The average Bonchev–Trinajstić information content (AvgIpc) is 2.12. The summed E-state index contributed by atoms with van der Waals surface area (Å²) in [5, 5.41) is 12.3. The third kappa shape index (κ3) is 6.36. The molecule has 3 heteroatoms. The Kier molecular flexibility index (Phi) is 6.82. The lowest BCUT2D eigenvalue weighted by molar-refractivity contribution is 0.200. The van der Waals surface area contributed by atoms with Gasteiger partial charge >= 0.3 is 0 Å². The second-order valence-electron chi connectivity index (χ2n) is 4.20. The van der Waals surface area contributed by atoms with E-state index in [0.717, 1.165) is 11.7 Å². The van der Waals surface area contributed by atoms with Crippen molar-refractivity contribution in [2.45, 2.75) is 32.7 Å². The van der Waals surface area contributed by atoms with Crippen LogP contribution < -0.4 is 5.32 Å². The predicted molar refractivity (Wildman–Crippen MR) is 61.3 cm³/mol. The summed E-state index contributed by atoms with van der Waals surface area (Å²) < 4.78 is 0. The molecule has 0 spiro atoms. The van der Waals surface area contributed by atoms with Crippen LogP contribution in [0.5, 0.6) is 0 Å². The van der Waals surface area contributed by atoms with Gasteiger partial charge < -0.3 is 10.4 Å². The van der Waals surface area contributed by atoms with Crippen molar-refractivity contribution >= 4 is 11.8 Å². The van der Waals surface area contributed by atoms with Crippen molar-refractivity contribution in [3.8, 4) is 0 Å². The SMILES string of the molecule is CNC(C)(CO)CSCCC(C)C. The molecule has 0 aromatic carbocycles. The van der Waals surface area contributed by atoms with Crippen LogP contribution in [-0.4, -0.2) is 35.8 Å². The maximum atomic E-state index is 9.12. The zero-order valence-electron chi connectivity index (χ0n) is 9.26. The molecular formula is C10H23NOS. The predicted octanol–water partition coefficient (Wildman–Crippen LogP) is 1.74. The van der Waals surface area contributed by atoms with Crippen molar-refractivity contribution in [3.63, 3.8) is 0 Å². The fourth-order valence-electron chi connectivity index (χ4n) is 0.813. The van der Waals surface area contributed by atoms with Crippen molar-refractivity contribution < 1.29 is 5.11 Å². The molecule has 0 saturated carbocycles. The van der Waals surface area contributed by atoms with E-state index in [2.05, 4.69) is 26.1 Å². The molecule has 0 rings (SSSR count). The number of hydrogen-bond acceptors (Lipinski definition) is 3. The number of aliphatic hydroxyl groups is 1. The van der Waals surface area contributed by atoms with E-state index in [1.54, 1.807) is 0 Å². The normalized spacial score (nSPS) is 16.2. The van der Waals surface area contributed by atoms with Gasteiger partial charge in [0.15, 0.2) is 0 Å². The third-order valence-electron chi connectivity index (χ3n) is 2.21. The van der Waals surface area contributed by atoms with Crippen LogP contribution in [0.25, 0.3) is 0 Å². The van der Waals surface area contributed by atoms with E-state index in [1.807, 2.05) is 18.8 Å². The maximum Gasteiger partial charge on any atom is 0.0618 e. The van der Waals surface area contributed by atoms with Crippen LogP contribution in [-0.2, 0) is 0 Å². The van der Waals surface area contributed by atoms with Gasteiger partial charge in [-0.05, 0) is 32.1 Å². The Morgan fingerprint density at radius 2 is 2.08 bits per heavy atom. The molecule has 0 aliphatic carbocycles. The first-order chi connectivity index (χ1) is 6.04. The molecule has 0 bridgehead atoms. The zero-order valence-corrected chi connectivity index (χ0v) is 10.1. The summed E-state index contributed by atoms with van der Waals surface area (Å²) in [7, 11) is 1.90. The molecule has 1 unspecified atom stereocenters. The second-order valence-corrected chi connectivity index (χ2v) is 5.31. The van der Waals surface area contributed by atoms with Gasteiger partial charge in [0.05, 0.1) is 6.61 Å². The molecule has 0 radical (unpaired) electrons. The van der Waals surface area contributed by atoms with Crippen LogP contribution in [0.4, 0.5) is 0 Å². The summed E-state index contributed by atoms with van der Waals surface area (Å²) in [6, 6.07) is 0. The van der Waals surface area contributed by atoms with Crippen molar-refractivity contribution in [1.82, 2.24) is 5.32 Å². The molecule has 80 valence electrons. The second kappa shape index (κ2) is 6.68. The Morgan fingerprint density at radius 3 is 2.46 bits per heavy atom. The number of likely N-dealkylation sites (N-methyl/N-ethyl adjacent to an activating group) is 1. The minimum absolute atomic E-state index is 0.109. The van der Waals surface area contributed by atoms with Crippen LogP contribution in [0.3, 0.4) is 0 Å². The summed E-state index contributed by atoms with van der Waals surface area (Å²) in [6.07, 6.45) is 1.26.